The van der Waals surface area contributed by atoms with Gasteiger partial charge in [0.15, 0.2) is 11.5 Å². The summed E-state index contributed by atoms with van der Waals surface area (Å²) in [6, 6.07) is 16.8. The van der Waals surface area contributed by atoms with Crippen LogP contribution >= 0.6 is 0 Å². The fraction of sp³-hybridized carbons (Fsp3) is 0.382. The number of nitrogens with two attached hydrogens (primary N) is 1. The normalized spacial score (nSPS) is 12.4. The first-order chi connectivity index (χ1) is 22.1. The van der Waals surface area contributed by atoms with E-state index in [1.54, 1.807) is 13.3 Å². The van der Waals surface area contributed by atoms with Crippen molar-refractivity contribution in [1.82, 2.24) is 35.5 Å². The molecule has 46 heavy (non-hydrogen) atoms. The molecule has 0 aliphatic rings. The molecule has 2 heterocycles. The van der Waals surface area contributed by atoms with Gasteiger partial charge in [0.2, 0.25) is 17.6 Å². The molecule has 4 aromatic rings. The number of hydrogen-bond donors (Lipinski definition) is 4. The van der Waals surface area contributed by atoms with Gasteiger partial charge in [-0.2, -0.15) is 0 Å². The van der Waals surface area contributed by atoms with E-state index < -0.39 is 29.7 Å². The maximum absolute atomic E-state index is 13.5. The van der Waals surface area contributed by atoms with Gasteiger partial charge in [-0.3, -0.25) is 19.2 Å². The van der Waals surface area contributed by atoms with Gasteiger partial charge in [-0.1, -0.05) is 74.5 Å². The van der Waals surface area contributed by atoms with E-state index in [0.717, 1.165) is 11.1 Å². The quantitative estimate of drug-likeness (QED) is 0.108. The number of benzene rings is 2. The summed E-state index contributed by atoms with van der Waals surface area (Å²) < 4.78 is 1.82. The molecule has 0 saturated heterocycles. The van der Waals surface area contributed by atoms with Crippen LogP contribution in [0.1, 0.15) is 50.1 Å². The van der Waals surface area contributed by atoms with Gasteiger partial charge in [-0.25, -0.2) is 15.0 Å². The number of ketones is 1. The van der Waals surface area contributed by atoms with Gasteiger partial charge in [-0.05, 0) is 43.2 Å². The third-order valence-corrected chi connectivity index (χ3v) is 7.45. The van der Waals surface area contributed by atoms with Crippen LogP contribution in [0.2, 0.25) is 0 Å². The number of hydrogen-bond acceptors (Lipinski definition) is 8. The van der Waals surface area contributed by atoms with Crippen LogP contribution in [0.3, 0.4) is 0 Å². The predicted octanol–water partition coefficient (Wildman–Crippen LogP) is 2.68. The third-order valence-electron chi connectivity index (χ3n) is 7.45. The lowest BCUT2D eigenvalue weighted by Gasteiger charge is -2.24. The van der Waals surface area contributed by atoms with Crippen molar-refractivity contribution in [2.75, 3.05) is 12.3 Å². The highest BCUT2D eigenvalue weighted by Gasteiger charge is 2.30. The molecule has 0 aliphatic carbocycles. The molecular formula is C34H42N8O4. The standard InChI is InChI=1S/C34H42N8O4/c1-22(2)19-27(40-28(43)16-15-24-11-6-4-7-12-24)33(45)41-26(20-25-13-8-5-9-14-25)30(44)34(46)36-17-10-18-42-21-37-29-31(35)38-23(3)39-32(29)42/h4-9,11-14,21-22,26-27H,10,15-20H2,1-3H3,(H,36,46)(H,40,43)(H,41,45)(H2,35,38,39)/t26-,27-/m0/s1. The highest BCUT2D eigenvalue weighted by molar-refractivity contribution is 6.38. The summed E-state index contributed by atoms with van der Waals surface area (Å²) in [5.41, 5.74) is 8.86. The number of carbonyl (C=O) groups is 4. The minimum absolute atomic E-state index is 0.0937. The maximum atomic E-state index is 13.5. The second-order valence-corrected chi connectivity index (χ2v) is 11.7. The molecule has 0 fully saturated rings. The Hall–Kier alpha value is -5.13. The lowest BCUT2D eigenvalue weighted by molar-refractivity contribution is -0.140. The molecule has 0 bridgehead atoms. The molecular weight excluding hydrogens is 584 g/mol. The van der Waals surface area contributed by atoms with Gasteiger partial charge >= 0.3 is 0 Å². The molecule has 242 valence electrons. The Morgan fingerprint density at radius 1 is 0.891 bits per heavy atom. The molecule has 3 amide bonds. The number of rotatable bonds is 16. The van der Waals surface area contributed by atoms with Crippen molar-refractivity contribution in [2.24, 2.45) is 5.92 Å². The van der Waals surface area contributed by atoms with Crippen molar-refractivity contribution in [1.29, 1.82) is 0 Å². The van der Waals surface area contributed by atoms with Crippen molar-refractivity contribution in [3.63, 3.8) is 0 Å². The summed E-state index contributed by atoms with van der Waals surface area (Å²) in [6.07, 6.45) is 3.36. The number of aryl methyl sites for hydroxylation is 3. The van der Waals surface area contributed by atoms with E-state index in [0.29, 0.717) is 48.6 Å². The van der Waals surface area contributed by atoms with Gasteiger partial charge in [-0.15, -0.1) is 0 Å². The van der Waals surface area contributed by atoms with Crippen LogP contribution < -0.4 is 21.7 Å². The fourth-order valence-corrected chi connectivity index (χ4v) is 5.14. The largest absolute Gasteiger partial charge is 0.382 e. The number of carbonyl (C=O) groups excluding carboxylic acids is 4. The van der Waals surface area contributed by atoms with E-state index in [9.17, 15) is 19.2 Å². The molecule has 12 heteroatoms. The first-order valence-electron chi connectivity index (χ1n) is 15.5. The second-order valence-electron chi connectivity index (χ2n) is 11.7. The van der Waals surface area contributed by atoms with Gasteiger partial charge < -0.3 is 26.3 Å². The van der Waals surface area contributed by atoms with E-state index in [2.05, 4.69) is 30.9 Å². The Bertz CT molecular complexity index is 1640. The maximum Gasteiger partial charge on any atom is 0.289 e. The number of imidazole rings is 1. The number of fused-ring (bicyclic) bond motifs is 1. The van der Waals surface area contributed by atoms with E-state index in [1.807, 2.05) is 79.1 Å². The average Bonchev–Trinajstić information content (AvgIpc) is 3.44. The monoisotopic (exact) mass is 626 g/mol. The van der Waals surface area contributed by atoms with Crippen LogP contribution in [-0.4, -0.2) is 61.7 Å². The molecule has 5 N–H and O–H groups in total. The SMILES string of the molecule is Cc1nc(N)c2ncn(CCCNC(=O)C(=O)[C@H](Cc3ccccc3)NC(=O)[C@H](CC(C)C)NC(=O)CCc3ccccc3)c2n1. The molecule has 2 atom stereocenters. The van der Waals surface area contributed by atoms with Gasteiger partial charge in [0.25, 0.3) is 5.91 Å². The summed E-state index contributed by atoms with van der Waals surface area (Å²) in [7, 11) is 0. The van der Waals surface area contributed by atoms with Crippen LogP contribution in [0.4, 0.5) is 5.82 Å². The van der Waals surface area contributed by atoms with Crippen molar-refractivity contribution < 1.29 is 19.2 Å². The van der Waals surface area contributed by atoms with Crippen molar-refractivity contribution in [3.05, 3.63) is 83.9 Å². The molecule has 0 unspecified atom stereocenters. The van der Waals surface area contributed by atoms with Gasteiger partial charge in [0.1, 0.15) is 23.4 Å². The van der Waals surface area contributed by atoms with Crippen LogP contribution in [0.15, 0.2) is 67.0 Å². The Kier molecular flexibility index (Phi) is 11.9. The number of nitrogen functional groups attached to an aromatic ring is 1. The summed E-state index contributed by atoms with van der Waals surface area (Å²) in [5.74, 6) is -1.41. The second kappa shape index (κ2) is 16.3. The van der Waals surface area contributed by atoms with Crippen molar-refractivity contribution >= 4 is 40.5 Å². The average molecular weight is 627 g/mol. The zero-order valence-corrected chi connectivity index (χ0v) is 26.5. The number of Topliss-reactive ketones (excluding diaryl/α,β-unsaturated/α-hetero) is 1. The zero-order valence-electron chi connectivity index (χ0n) is 26.5. The number of aromatic nitrogens is 4. The van der Waals surface area contributed by atoms with E-state index in [4.69, 9.17) is 5.73 Å². The number of nitrogens with one attached hydrogen (secondary N) is 3. The molecule has 2 aromatic heterocycles. The first kappa shape index (κ1) is 33.8. The van der Waals surface area contributed by atoms with Gasteiger partial charge in [0.05, 0.1) is 6.33 Å². The zero-order chi connectivity index (χ0) is 33.1. The lowest BCUT2D eigenvalue weighted by Crippen LogP contribution is -2.55. The van der Waals surface area contributed by atoms with Crippen LogP contribution in [0, 0.1) is 12.8 Å². The van der Waals surface area contributed by atoms with Crippen molar-refractivity contribution in [2.45, 2.75) is 71.5 Å². The molecule has 2 aromatic carbocycles. The minimum Gasteiger partial charge on any atom is -0.382 e. The van der Waals surface area contributed by atoms with Crippen LogP contribution in [0.5, 0.6) is 0 Å². The summed E-state index contributed by atoms with van der Waals surface area (Å²) >= 11 is 0. The highest BCUT2D eigenvalue weighted by atomic mass is 16.2. The Balaban J connectivity index is 1.38. The predicted molar refractivity (Wildman–Crippen MR) is 175 cm³/mol. The molecule has 0 aliphatic heterocycles. The highest BCUT2D eigenvalue weighted by Crippen LogP contribution is 2.16. The van der Waals surface area contributed by atoms with Crippen LogP contribution in [-0.2, 0) is 38.6 Å². The summed E-state index contributed by atoms with van der Waals surface area (Å²) in [5, 5.41) is 8.30. The number of nitrogens with zero attached hydrogens (tertiary/aromatic N) is 4. The smallest absolute Gasteiger partial charge is 0.289 e. The number of anilines is 1. The Morgan fingerprint density at radius 2 is 1.57 bits per heavy atom. The molecule has 0 spiro atoms. The number of amides is 3. The third kappa shape index (κ3) is 9.68. The molecule has 4 rings (SSSR count). The van der Waals surface area contributed by atoms with Crippen molar-refractivity contribution in [3.8, 4) is 0 Å². The lowest BCUT2D eigenvalue weighted by atomic mass is 9.99. The van der Waals surface area contributed by atoms with E-state index in [1.165, 1.54) is 0 Å². The van der Waals surface area contributed by atoms with Crippen LogP contribution in [0.25, 0.3) is 11.2 Å². The summed E-state index contributed by atoms with van der Waals surface area (Å²) in [4.78, 5) is 65.6. The summed E-state index contributed by atoms with van der Waals surface area (Å²) in [6.45, 7) is 6.34. The van der Waals surface area contributed by atoms with E-state index >= 15 is 0 Å². The minimum atomic E-state index is -1.12. The fourth-order valence-electron chi connectivity index (χ4n) is 5.14. The Labute approximate surface area is 268 Å². The van der Waals surface area contributed by atoms with E-state index in [-0.39, 0.29) is 31.2 Å². The molecule has 0 saturated carbocycles. The Morgan fingerprint density at radius 3 is 2.24 bits per heavy atom. The molecule has 0 radical (unpaired) electrons. The first-order valence-corrected chi connectivity index (χ1v) is 15.5. The van der Waals surface area contributed by atoms with Gasteiger partial charge in [0, 0.05) is 25.9 Å². The molecule has 12 nitrogen and oxygen atoms in total. The topological polar surface area (TPSA) is 174 Å².